The number of likely N-dealkylation sites (N-methyl/N-ethyl adjacent to an activating group) is 1. The number of hydrogen-bond donors (Lipinski definition) is 3. The van der Waals surface area contributed by atoms with Crippen molar-refractivity contribution in [3.63, 3.8) is 0 Å². The summed E-state index contributed by atoms with van der Waals surface area (Å²) in [5.74, 6) is -0.569. The number of ketones is 1. The molecule has 3 rings (SSSR count). The molecule has 2 atom stereocenters. The van der Waals surface area contributed by atoms with E-state index in [-0.39, 0.29) is 74.2 Å². The molecule has 2 aromatic carbocycles. The number of amides is 1. The van der Waals surface area contributed by atoms with Crippen molar-refractivity contribution in [3.8, 4) is 0 Å². The number of nitrogens with zero attached hydrogens (tertiary/aromatic N) is 1. The summed E-state index contributed by atoms with van der Waals surface area (Å²) in [7, 11) is 4.23. The van der Waals surface area contributed by atoms with E-state index in [9.17, 15) is 22.8 Å². The Bertz CT molecular complexity index is 1280. The van der Waals surface area contributed by atoms with Crippen LogP contribution in [0, 0.1) is 0 Å². The number of alkyl halides is 3. The summed E-state index contributed by atoms with van der Waals surface area (Å²) in [5, 5.41) is 3.79. The molecule has 0 saturated carbocycles. The number of halogens is 7. The van der Waals surface area contributed by atoms with Gasteiger partial charge in [-0.15, -0.1) is 0 Å². The van der Waals surface area contributed by atoms with Crippen LogP contribution in [0.3, 0.4) is 0 Å². The van der Waals surface area contributed by atoms with E-state index in [1.54, 1.807) is 6.20 Å². The maximum absolute atomic E-state index is 13.4. The highest BCUT2D eigenvalue weighted by Crippen LogP contribution is 2.29. The first-order valence-corrected chi connectivity index (χ1v) is 13.2. The van der Waals surface area contributed by atoms with Gasteiger partial charge in [-0.2, -0.15) is 13.2 Å². The number of benzene rings is 2. The van der Waals surface area contributed by atoms with Gasteiger partial charge < -0.3 is 70.9 Å². The second kappa shape index (κ2) is 19.3. The molecule has 14 heteroatoms. The molecule has 0 bridgehead atoms. The van der Waals surface area contributed by atoms with Gasteiger partial charge in [0.25, 0.3) is 5.91 Å². The van der Waals surface area contributed by atoms with Crippen LogP contribution in [0.15, 0.2) is 60.8 Å². The van der Waals surface area contributed by atoms with Crippen molar-refractivity contribution in [3.05, 3.63) is 77.5 Å². The normalized spacial score (nSPS) is 12.4. The first-order chi connectivity index (χ1) is 18.4. The van der Waals surface area contributed by atoms with Gasteiger partial charge in [-0.1, -0.05) is 24.3 Å². The van der Waals surface area contributed by atoms with E-state index < -0.39 is 23.8 Å². The fourth-order valence-corrected chi connectivity index (χ4v) is 4.63. The minimum atomic E-state index is -4.45. The van der Waals surface area contributed by atoms with E-state index >= 15 is 0 Å². The third-order valence-corrected chi connectivity index (χ3v) is 6.97. The maximum atomic E-state index is 13.4. The first kappa shape index (κ1) is 43.0. The monoisotopic (exact) mass is 687 g/mol. The predicted octanol–water partition coefficient (Wildman–Crippen LogP) is -10.8. The number of carbonyl (C=O) groups excluding carboxylic acids is 2. The smallest absolute Gasteiger partial charge is 0.416 e. The van der Waals surface area contributed by atoms with Gasteiger partial charge >= 0.3 is 6.18 Å². The van der Waals surface area contributed by atoms with Crippen LogP contribution in [0.4, 0.5) is 13.2 Å². The van der Waals surface area contributed by atoms with Crippen molar-refractivity contribution in [1.82, 2.24) is 5.32 Å². The van der Waals surface area contributed by atoms with Crippen LogP contribution in [0.25, 0.3) is 10.9 Å². The molecule has 0 saturated heterocycles. The van der Waals surface area contributed by atoms with Gasteiger partial charge in [0.05, 0.1) is 32.2 Å². The molecule has 1 amide bonds. The molecule has 8 N–H and O–H groups in total. The van der Waals surface area contributed by atoms with Crippen molar-refractivity contribution in [2.45, 2.75) is 43.9 Å². The Morgan fingerprint density at radius 2 is 1.58 bits per heavy atom. The lowest BCUT2D eigenvalue weighted by Crippen LogP contribution is -3.00. The summed E-state index contributed by atoms with van der Waals surface area (Å²) in [6, 6.07) is 12.8. The van der Waals surface area contributed by atoms with Crippen molar-refractivity contribution in [2.24, 2.45) is 0 Å². The van der Waals surface area contributed by atoms with Crippen LogP contribution in [0.2, 0.25) is 0 Å². The molecular weight excluding hydrogens is 649 g/mol. The lowest BCUT2D eigenvalue weighted by atomic mass is 9.96. The predicted molar refractivity (Wildman–Crippen MR) is 142 cm³/mol. The topological polar surface area (TPSA) is 116 Å². The van der Waals surface area contributed by atoms with Gasteiger partial charge in [0.2, 0.25) is 5.52 Å². The number of rotatable bonds is 13. The Morgan fingerprint density at radius 3 is 2.19 bits per heavy atom. The van der Waals surface area contributed by atoms with E-state index in [0.29, 0.717) is 12.0 Å². The summed E-state index contributed by atoms with van der Waals surface area (Å²) in [5.41, 5.74) is 9.36. The van der Waals surface area contributed by atoms with Gasteiger partial charge in [-0.05, 0) is 36.2 Å². The zero-order valence-corrected chi connectivity index (χ0v) is 27.2. The number of H-pyrrole nitrogens is 1. The molecule has 242 valence electrons. The minimum absolute atomic E-state index is 0. The number of aromatic amines is 1. The number of pyridine rings is 1. The first-order valence-electron chi connectivity index (χ1n) is 13.2. The van der Waals surface area contributed by atoms with Gasteiger partial charge in [-0.3, -0.25) is 9.59 Å². The Morgan fingerprint density at radius 1 is 0.953 bits per heavy atom. The van der Waals surface area contributed by atoms with Crippen molar-refractivity contribution < 1.29 is 93.3 Å². The van der Waals surface area contributed by atoms with Crippen LogP contribution < -0.4 is 71.4 Å². The van der Waals surface area contributed by atoms with Crippen LogP contribution in [0.1, 0.15) is 29.5 Å². The Balaban J connectivity index is 0. The molecule has 1 aromatic heterocycles. The third-order valence-electron chi connectivity index (χ3n) is 6.97. The fraction of sp³-hybridized carbons (Fsp3) is 0.414. The molecule has 7 nitrogen and oxygen atoms in total. The second-order valence-corrected chi connectivity index (χ2v) is 10.8. The lowest BCUT2D eigenvalue weighted by Gasteiger charge is -2.28. The Kier molecular flexibility index (Phi) is 19.2. The molecule has 0 radical (unpaired) electrons. The fourth-order valence-electron chi connectivity index (χ4n) is 4.63. The summed E-state index contributed by atoms with van der Waals surface area (Å²) in [4.78, 5) is 29.6. The largest absolute Gasteiger partial charge is 1.00 e. The number of nitrogens with one attached hydrogen (secondary N) is 2. The summed E-state index contributed by atoms with van der Waals surface area (Å²) < 4.78 is 39.9. The van der Waals surface area contributed by atoms with Crippen molar-refractivity contribution >= 4 is 22.6 Å². The highest BCUT2D eigenvalue weighted by Gasteiger charge is 2.31. The average Bonchev–Trinajstić information content (AvgIpc) is 2.87. The number of hydrogen-bond acceptors (Lipinski definition) is 2. The van der Waals surface area contributed by atoms with Gasteiger partial charge in [0.1, 0.15) is 13.1 Å². The third kappa shape index (κ3) is 13.6. The molecule has 0 unspecified atom stereocenters. The molecule has 0 aliphatic carbocycles. The molecule has 1 heterocycles. The number of aromatic nitrogens is 1. The average molecular weight is 689 g/mol. The molecule has 43 heavy (non-hydrogen) atoms. The van der Waals surface area contributed by atoms with Crippen LogP contribution in [0.5, 0.6) is 0 Å². The Hall–Kier alpha value is -2.18. The van der Waals surface area contributed by atoms with Crippen LogP contribution in [-0.4, -0.2) is 62.0 Å². The van der Waals surface area contributed by atoms with E-state index in [1.165, 1.54) is 12.1 Å². The molecule has 0 spiro atoms. The summed E-state index contributed by atoms with van der Waals surface area (Å²) >= 11 is 0. The molecule has 0 fully saturated rings. The van der Waals surface area contributed by atoms with Gasteiger partial charge in [0, 0.05) is 36.3 Å². The zero-order chi connectivity index (χ0) is 28.6. The number of carbonyl (C=O) groups is 2. The quantitative estimate of drug-likeness (QED) is 0.155. The summed E-state index contributed by atoms with van der Waals surface area (Å²) in [6.07, 6.45) is -1.19. The number of Topliss-reactive ketones (excluding diaryl/α,β-unsaturated/α-hetero) is 1. The highest BCUT2D eigenvalue weighted by molar-refractivity contribution is 5.92. The minimum Gasteiger partial charge on any atom is -1.00 e. The highest BCUT2D eigenvalue weighted by atomic mass is 35.5. The Labute approximate surface area is 275 Å². The molecule has 3 aromatic rings. The van der Waals surface area contributed by atoms with E-state index in [1.807, 2.05) is 30.3 Å². The van der Waals surface area contributed by atoms with Gasteiger partial charge in [-0.25, -0.2) is 4.98 Å². The van der Waals surface area contributed by atoms with Gasteiger partial charge in [0.15, 0.2) is 18.0 Å². The second-order valence-electron chi connectivity index (χ2n) is 10.8. The van der Waals surface area contributed by atoms with Crippen LogP contribution >= 0.6 is 0 Å². The van der Waals surface area contributed by atoms with Crippen molar-refractivity contribution in [2.75, 3.05) is 33.7 Å². The molecular formula is C29H40Cl4F3N5O2. The SMILES string of the molecule is C[N+](C)(CC[NH3+])CCC[C@H]([NH3+])C(=O)N[C@@H](Cc1ccc(C(F)(F)F)cc1)C(=O)Cc1c[nH+]c2ccccc2c1.[Cl-].[Cl-].[Cl-].[Cl-]. The van der Waals surface area contributed by atoms with E-state index in [2.05, 4.69) is 35.9 Å². The van der Waals surface area contributed by atoms with Crippen molar-refractivity contribution in [1.29, 1.82) is 0 Å². The molecule has 0 aliphatic heterocycles. The maximum Gasteiger partial charge on any atom is 0.416 e. The summed E-state index contributed by atoms with van der Waals surface area (Å²) in [6.45, 7) is 2.63. The van der Waals surface area contributed by atoms with E-state index in [0.717, 1.165) is 59.1 Å². The van der Waals surface area contributed by atoms with E-state index in [4.69, 9.17) is 0 Å². The lowest BCUT2D eigenvalue weighted by molar-refractivity contribution is -0.895. The number of quaternary nitrogens is 3. The number of fused-ring (bicyclic) bond motifs is 1. The zero-order valence-electron chi connectivity index (χ0n) is 24.2. The standard InChI is InChI=1S/C29H36F3N5O2.4ClH/c1-37(2,15-13-33)14-5-7-24(34)28(39)36-26(17-20-9-11-23(12-10-20)29(30,31)32)27(38)18-21-16-22-6-3-4-8-25(22)35-19-21;;;;/h3-4,6,8-12,16,19,24,26H,5,7,13-15,17-18,33-34H2,1-2H3;4*1H/t24-,26-;;;;/m0..../s1. The number of para-hydroxylation sites is 1. The van der Waals surface area contributed by atoms with Crippen LogP contribution in [-0.2, 0) is 28.6 Å². The molecule has 0 aliphatic rings.